The van der Waals surface area contributed by atoms with E-state index in [0.717, 1.165) is 19.4 Å². The fourth-order valence-electron chi connectivity index (χ4n) is 3.55. The van der Waals surface area contributed by atoms with Gasteiger partial charge in [0.15, 0.2) is 0 Å². The number of hydrogen-bond acceptors (Lipinski definition) is 3. The predicted molar refractivity (Wildman–Crippen MR) is 88.5 cm³/mol. The van der Waals surface area contributed by atoms with Gasteiger partial charge in [-0.05, 0) is 52.7 Å². The zero-order valence-corrected chi connectivity index (χ0v) is 14.2. The van der Waals surface area contributed by atoms with Crippen molar-refractivity contribution in [3.05, 3.63) is 18.2 Å². The van der Waals surface area contributed by atoms with E-state index in [9.17, 15) is 0 Å². The molecule has 0 bridgehead atoms. The Morgan fingerprint density at radius 3 is 2.57 bits per heavy atom. The Hall–Kier alpha value is -0.870. The van der Waals surface area contributed by atoms with Crippen LogP contribution >= 0.6 is 0 Å². The second-order valence-corrected chi connectivity index (χ2v) is 6.80. The lowest BCUT2D eigenvalue weighted by Gasteiger charge is -2.46. The van der Waals surface area contributed by atoms with Gasteiger partial charge in [-0.25, -0.2) is 4.98 Å². The van der Waals surface area contributed by atoms with Crippen molar-refractivity contribution in [3.63, 3.8) is 0 Å². The second kappa shape index (κ2) is 7.41. The van der Waals surface area contributed by atoms with Gasteiger partial charge < -0.3 is 9.88 Å². The Kier molecular flexibility index (Phi) is 5.82. The molecule has 120 valence electrons. The molecule has 0 aromatic carbocycles. The van der Waals surface area contributed by atoms with Crippen molar-refractivity contribution in [1.29, 1.82) is 0 Å². The molecule has 1 aromatic rings. The van der Waals surface area contributed by atoms with Crippen molar-refractivity contribution < 1.29 is 0 Å². The second-order valence-electron chi connectivity index (χ2n) is 6.80. The summed E-state index contributed by atoms with van der Waals surface area (Å²) in [6.07, 6.45) is 10.2. The number of nitrogens with zero attached hydrogens (tertiary/aromatic N) is 3. The van der Waals surface area contributed by atoms with Gasteiger partial charge in [0.1, 0.15) is 5.82 Å². The predicted octanol–water partition coefficient (Wildman–Crippen LogP) is 2.60. The number of imidazole rings is 1. The minimum absolute atomic E-state index is 0.210. The van der Waals surface area contributed by atoms with E-state index in [4.69, 9.17) is 0 Å². The third-order valence-electron chi connectivity index (χ3n) is 5.05. The van der Waals surface area contributed by atoms with E-state index >= 15 is 0 Å². The maximum atomic E-state index is 4.46. The van der Waals surface area contributed by atoms with Gasteiger partial charge in [0, 0.05) is 37.4 Å². The number of aromatic nitrogens is 2. The fourth-order valence-corrected chi connectivity index (χ4v) is 3.55. The lowest BCUT2D eigenvalue weighted by molar-refractivity contribution is 0.0586. The first-order valence-electron chi connectivity index (χ1n) is 8.50. The smallest absolute Gasteiger partial charge is 0.108 e. The molecule has 0 radical (unpaired) electrons. The number of aryl methyl sites for hydroxylation is 2. The van der Waals surface area contributed by atoms with Gasteiger partial charge in [0.25, 0.3) is 0 Å². The number of likely N-dealkylation sites (N-methyl/N-ethyl adjacent to an activating group) is 1. The summed E-state index contributed by atoms with van der Waals surface area (Å²) >= 11 is 0. The Bertz CT molecular complexity index is 418. The molecule has 4 heteroatoms. The molecule has 21 heavy (non-hydrogen) atoms. The fraction of sp³-hybridized carbons (Fsp3) is 0.824. The van der Waals surface area contributed by atoms with Crippen LogP contribution in [0.2, 0.25) is 0 Å². The summed E-state index contributed by atoms with van der Waals surface area (Å²) in [5.74, 6) is 1.19. The van der Waals surface area contributed by atoms with E-state index in [1.165, 1.54) is 38.2 Å². The summed E-state index contributed by atoms with van der Waals surface area (Å²) in [6.45, 7) is 10.5. The Morgan fingerprint density at radius 2 is 2.00 bits per heavy atom. The minimum atomic E-state index is 0.210. The van der Waals surface area contributed by atoms with Crippen LogP contribution in [-0.2, 0) is 13.5 Å². The van der Waals surface area contributed by atoms with Gasteiger partial charge in [-0.2, -0.15) is 0 Å². The van der Waals surface area contributed by atoms with E-state index < -0.39 is 0 Å². The molecular weight excluding hydrogens is 260 g/mol. The van der Waals surface area contributed by atoms with Gasteiger partial charge >= 0.3 is 0 Å². The monoisotopic (exact) mass is 292 g/mol. The average molecular weight is 292 g/mol. The van der Waals surface area contributed by atoms with Crippen LogP contribution < -0.4 is 5.32 Å². The molecule has 1 unspecified atom stereocenters. The van der Waals surface area contributed by atoms with Crippen molar-refractivity contribution in [3.8, 4) is 0 Å². The van der Waals surface area contributed by atoms with Crippen LogP contribution in [0.25, 0.3) is 0 Å². The van der Waals surface area contributed by atoms with E-state index in [-0.39, 0.29) is 5.54 Å². The number of piperidine rings is 1. The zero-order valence-electron chi connectivity index (χ0n) is 14.2. The molecule has 1 aliphatic rings. The van der Waals surface area contributed by atoms with Crippen LogP contribution in [-0.4, -0.2) is 45.7 Å². The molecule has 0 spiro atoms. The Labute approximate surface area is 129 Å². The largest absolute Gasteiger partial charge is 0.338 e. The van der Waals surface area contributed by atoms with Crippen LogP contribution in [0.15, 0.2) is 12.4 Å². The van der Waals surface area contributed by atoms with Crippen LogP contribution in [0.1, 0.15) is 52.3 Å². The van der Waals surface area contributed by atoms with Crippen molar-refractivity contribution in [2.45, 2.75) is 64.5 Å². The average Bonchev–Trinajstić information content (AvgIpc) is 2.89. The highest BCUT2D eigenvalue weighted by molar-refractivity contribution is 4.98. The lowest BCUT2D eigenvalue weighted by atomic mass is 9.87. The molecule has 1 aliphatic heterocycles. The molecule has 0 saturated carbocycles. The van der Waals surface area contributed by atoms with E-state index in [0.29, 0.717) is 6.04 Å². The molecule has 1 N–H and O–H groups in total. The molecule has 4 nitrogen and oxygen atoms in total. The molecule has 1 saturated heterocycles. The summed E-state index contributed by atoms with van der Waals surface area (Å²) < 4.78 is 2.14. The summed E-state index contributed by atoms with van der Waals surface area (Å²) in [5.41, 5.74) is 0.210. The Balaban J connectivity index is 2.00. The summed E-state index contributed by atoms with van der Waals surface area (Å²) in [6, 6.07) is 0.511. The maximum absolute atomic E-state index is 4.46. The molecule has 0 amide bonds. The van der Waals surface area contributed by atoms with Crippen LogP contribution in [0.3, 0.4) is 0 Å². The topological polar surface area (TPSA) is 33.1 Å². The van der Waals surface area contributed by atoms with Crippen LogP contribution in [0, 0.1) is 0 Å². The quantitative estimate of drug-likeness (QED) is 0.838. The third kappa shape index (κ3) is 4.07. The standard InChI is InChI=1S/C17H32N4/c1-5-18-15(9-10-16-19-11-14-20(16)4)17(2,3)21-12-7-6-8-13-21/h11,14-15,18H,5-10,12-13H2,1-4H3. The third-order valence-corrected chi connectivity index (χ3v) is 5.05. The van der Waals surface area contributed by atoms with Gasteiger partial charge in [-0.1, -0.05) is 13.3 Å². The highest BCUT2D eigenvalue weighted by Crippen LogP contribution is 2.26. The molecule has 2 heterocycles. The van der Waals surface area contributed by atoms with Crippen LogP contribution in [0.4, 0.5) is 0 Å². The van der Waals surface area contributed by atoms with Gasteiger partial charge in [-0.3, -0.25) is 4.90 Å². The highest BCUT2D eigenvalue weighted by Gasteiger charge is 2.35. The lowest BCUT2D eigenvalue weighted by Crippen LogP contribution is -2.59. The van der Waals surface area contributed by atoms with Crippen molar-refractivity contribution >= 4 is 0 Å². The minimum Gasteiger partial charge on any atom is -0.338 e. The first-order valence-corrected chi connectivity index (χ1v) is 8.50. The first kappa shape index (κ1) is 16.5. The summed E-state index contributed by atoms with van der Waals surface area (Å²) in [7, 11) is 2.08. The highest BCUT2D eigenvalue weighted by atomic mass is 15.2. The SMILES string of the molecule is CCNC(CCc1nccn1C)C(C)(C)N1CCCCC1. The molecule has 1 atom stereocenters. The zero-order chi connectivity index (χ0) is 15.3. The van der Waals surface area contributed by atoms with E-state index in [1.54, 1.807) is 0 Å². The van der Waals surface area contributed by atoms with Crippen molar-refractivity contribution in [2.75, 3.05) is 19.6 Å². The maximum Gasteiger partial charge on any atom is 0.108 e. The van der Waals surface area contributed by atoms with E-state index in [2.05, 4.69) is 47.6 Å². The van der Waals surface area contributed by atoms with Gasteiger partial charge in [-0.15, -0.1) is 0 Å². The van der Waals surface area contributed by atoms with E-state index in [1.807, 2.05) is 12.4 Å². The number of hydrogen-bond donors (Lipinski definition) is 1. The number of nitrogens with one attached hydrogen (secondary N) is 1. The number of rotatable bonds is 7. The molecule has 0 aliphatic carbocycles. The Morgan fingerprint density at radius 1 is 1.29 bits per heavy atom. The molecule has 1 aromatic heterocycles. The van der Waals surface area contributed by atoms with Gasteiger partial charge in [0.2, 0.25) is 0 Å². The summed E-state index contributed by atoms with van der Waals surface area (Å²) in [4.78, 5) is 7.15. The van der Waals surface area contributed by atoms with Crippen molar-refractivity contribution in [1.82, 2.24) is 19.8 Å². The first-order chi connectivity index (χ1) is 10.1. The number of likely N-dealkylation sites (tertiary alicyclic amines) is 1. The molecule has 1 fully saturated rings. The molecule has 2 rings (SSSR count). The summed E-state index contributed by atoms with van der Waals surface area (Å²) in [5, 5.41) is 3.72. The normalized spacial score (nSPS) is 18.9. The molecular formula is C17H32N4. The van der Waals surface area contributed by atoms with Crippen LogP contribution in [0.5, 0.6) is 0 Å². The van der Waals surface area contributed by atoms with Crippen molar-refractivity contribution in [2.24, 2.45) is 7.05 Å². The van der Waals surface area contributed by atoms with Gasteiger partial charge in [0.05, 0.1) is 0 Å².